The van der Waals surface area contributed by atoms with Crippen LogP contribution in [0, 0.1) is 12.7 Å². The molecule has 0 saturated carbocycles. The summed E-state index contributed by atoms with van der Waals surface area (Å²) in [5, 5.41) is 3.42. The van der Waals surface area contributed by atoms with E-state index >= 15 is 0 Å². The molecule has 1 aliphatic heterocycles. The molecule has 0 radical (unpaired) electrons. The number of rotatable bonds is 7. The van der Waals surface area contributed by atoms with Crippen LogP contribution in [0.1, 0.15) is 31.0 Å². The van der Waals surface area contributed by atoms with Crippen LogP contribution in [0.3, 0.4) is 0 Å². The Morgan fingerprint density at radius 3 is 2.27 bits per heavy atom. The molecular weight excluding hydrogens is 493 g/mol. The Labute approximate surface area is 222 Å². The summed E-state index contributed by atoms with van der Waals surface area (Å²) in [5.41, 5.74) is 1.77. The number of hydrogen-bond donors (Lipinski definition) is 1. The molecule has 6 nitrogen and oxygen atoms in total. The zero-order valence-corrected chi connectivity index (χ0v) is 21.9. The van der Waals surface area contributed by atoms with Gasteiger partial charge < -0.3 is 15.0 Å². The van der Waals surface area contributed by atoms with Crippen LogP contribution >= 0.6 is 11.6 Å². The normalized spacial score (nSPS) is 18.2. The number of anilines is 1. The molecule has 0 spiro atoms. The maximum atomic E-state index is 14.1. The number of aryl methyl sites for hydroxylation is 1. The molecule has 3 atom stereocenters. The van der Waals surface area contributed by atoms with Gasteiger partial charge >= 0.3 is 0 Å². The lowest BCUT2D eigenvalue weighted by Gasteiger charge is -2.40. The molecular formula is C29H31ClFN3O3. The third-order valence-electron chi connectivity index (χ3n) is 6.34. The van der Waals surface area contributed by atoms with Crippen LogP contribution in [0.15, 0.2) is 72.8 Å². The van der Waals surface area contributed by atoms with Crippen LogP contribution < -0.4 is 15.0 Å². The number of alkyl halides is 1. The molecule has 1 N–H and O–H groups in total. The number of carbonyl (C=O) groups excluding carboxylic acids is 2. The number of amides is 2. The van der Waals surface area contributed by atoms with E-state index in [2.05, 4.69) is 5.32 Å². The van der Waals surface area contributed by atoms with Crippen molar-refractivity contribution in [3.8, 4) is 11.5 Å². The molecule has 3 aromatic carbocycles. The Hall–Kier alpha value is -3.42. The number of hydrogen-bond acceptors (Lipinski definition) is 4. The van der Waals surface area contributed by atoms with Gasteiger partial charge in [0, 0.05) is 30.9 Å². The molecule has 2 amide bonds. The predicted octanol–water partition coefficient (Wildman–Crippen LogP) is 5.45. The van der Waals surface area contributed by atoms with Crippen molar-refractivity contribution in [3.63, 3.8) is 0 Å². The molecule has 0 aromatic heterocycles. The van der Waals surface area contributed by atoms with E-state index < -0.39 is 17.8 Å². The average Bonchev–Trinajstić information content (AvgIpc) is 2.88. The quantitative estimate of drug-likeness (QED) is 0.418. The fourth-order valence-electron chi connectivity index (χ4n) is 4.80. The molecule has 1 fully saturated rings. The monoisotopic (exact) mass is 523 g/mol. The Morgan fingerprint density at radius 1 is 1.03 bits per heavy atom. The number of piperazine rings is 1. The van der Waals surface area contributed by atoms with E-state index in [0.29, 0.717) is 35.8 Å². The maximum Gasteiger partial charge on any atom is 0.250 e. The summed E-state index contributed by atoms with van der Waals surface area (Å²) in [5.74, 6) is -0.131. The lowest BCUT2D eigenvalue weighted by Crippen LogP contribution is -2.58. The first-order valence-electron chi connectivity index (χ1n) is 12.3. The van der Waals surface area contributed by atoms with E-state index in [1.165, 1.54) is 17.0 Å². The molecule has 1 heterocycles. The minimum atomic E-state index is -1.01. The van der Waals surface area contributed by atoms with Crippen LogP contribution in [-0.4, -0.2) is 47.8 Å². The summed E-state index contributed by atoms with van der Waals surface area (Å²) in [7, 11) is 0. The van der Waals surface area contributed by atoms with Gasteiger partial charge in [0.2, 0.25) is 5.91 Å². The first kappa shape index (κ1) is 26.6. The standard InChI is InChI=1S/C29H31ClFN3O3/c1-19-15-25(37-24-7-5-4-6-8-24)13-14-26(19)34(27(35)16-30)28(22-9-11-23(31)12-10-22)29(36)33-17-20(2)32-21(3)18-33/h4-15,20-21,28,32H,16-18H2,1-3H3/t20-,21+,28?. The van der Waals surface area contributed by atoms with Gasteiger partial charge in [-0.15, -0.1) is 11.6 Å². The van der Waals surface area contributed by atoms with Crippen LogP contribution in [-0.2, 0) is 9.59 Å². The van der Waals surface area contributed by atoms with Gasteiger partial charge in [0.15, 0.2) is 0 Å². The van der Waals surface area contributed by atoms with Crippen molar-refractivity contribution < 1.29 is 18.7 Å². The summed E-state index contributed by atoms with van der Waals surface area (Å²) >= 11 is 6.07. The molecule has 1 unspecified atom stereocenters. The molecule has 0 aliphatic carbocycles. The highest BCUT2D eigenvalue weighted by Crippen LogP contribution is 2.35. The Balaban J connectivity index is 1.76. The van der Waals surface area contributed by atoms with Crippen molar-refractivity contribution in [2.24, 2.45) is 0 Å². The van der Waals surface area contributed by atoms with E-state index in [4.69, 9.17) is 16.3 Å². The van der Waals surface area contributed by atoms with E-state index in [-0.39, 0.29) is 23.9 Å². The average molecular weight is 524 g/mol. The molecule has 8 heteroatoms. The highest BCUT2D eigenvalue weighted by atomic mass is 35.5. The summed E-state index contributed by atoms with van der Waals surface area (Å²) in [6, 6.07) is 19.6. The number of ether oxygens (including phenoxy) is 1. The third-order valence-corrected chi connectivity index (χ3v) is 6.57. The van der Waals surface area contributed by atoms with Gasteiger partial charge in [-0.2, -0.15) is 0 Å². The molecule has 194 valence electrons. The van der Waals surface area contributed by atoms with Gasteiger partial charge in [0.05, 0.1) is 0 Å². The van der Waals surface area contributed by atoms with Gasteiger partial charge in [0.25, 0.3) is 5.91 Å². The van der Waals surface area contributed by atoms with Crippen molar-refractivity contribution in [1.82, 2.24) is 10.2 Å². The van der Waals surface area contributed by atoms with Crippen LogP contribution in [0.25, 0.3) is 0 Å². The SMILES string of the molecule is Cc1cc(Oc2ccccc2)ccc1N(C(=O)CCl)C(C(=O)N1C[C@@H](C)N[C@@H](C)C1)c1ccc(F)cc1. The van der Waals surface area contributed by atoms with E-state index in [9.17, 15) is 14.0 Å². The lowest BCUT2D eigenvalue weighted by atomic mass is 9.99. The fourth-order valence-corrected chi connectivity index (χ4v) is 4.92. The van der Waals surface area contributed by atoms with Crippen molar-refractivity contribution >= 4 is 29.1 Å². The number of para-hydroxylation sites is 1. The van der Waals surface area contributed by atoms with Crippen LogP contribution in [0.4, 0.5) is 10.1 Å². The Kier molecular flexibility index (Phi) is 8.46. The first-order chi connectivity index (χ1) is 17.8. The maximum absolute atomic E-state index is 14.1. The van der Waals surface area contributed by atoms with Gasteiger partial charge in [0.1, 0.15) is 29.2 Å². The second-order valence-electron chi connectivity index (χ2n) is 9.43. The fraction of sp³-hybridized carbons (Fsp3) is 0.310. The largest absolute Gasteiger partial charge is 0.457 e. The van der Waals surface area contributed by atoms with Crippen LogP contribution in [0.2, 0.25) is 0 Å². The molecule has 37 heavy (non-hydrogen) atoms. The third kappa shape index (κ3) is 6.29. The number of nitrogens with zero attached hydrogens (tertiary/aromatic N) is 2. The number of benzene rings is 3. The highest BCUT2D eigenvalue weighted by Gasteiger charge is 2.38. The van der Waals surface area contributed by atoms with Gasteiger partial charge in [-0.05, 0) is 74.4 Å². The van der Waals surface area contributed by atoms with Crippen molar-refractivity contribution in [1.29, 1.82) is 0 Å². The van der Waals surface area contributed by atoms with Gasteiger partial charge in [-0.1, -0.05) is 30.3 Å². The first-order valence-corrected chi connectivity index (χ1v) is 12.8. The van der Waals surface area contributed by atoms with Crippen molar-refractivity contribution in [2.75, 3.05) is 23.9 Å². The number of halogens is 2. The smallest absolute Gasteiger partial charge is 0.250 e. The van der Waals surface area contributed by atoms with E-state index in [1.807, 2.05) is 57.2 Å². The predicted molar refractivity (Wildman–Crippen MR) is 144 cm³/mol. The zero-order valence-electron chi connectivity index (χ0n) is 21.2. The van der Waals surface area contributed by atoms with Gasteiger partial charge in [-0.3, -0.25) is 14.5 Å². The van der Waals surface area contributed by atoms with Crippen molar-refractivity contribution in [2.45, 2.75) is 38.9 Å². The summed E-state index contributed by atoms with van der Waals surface area (Å²) in [4.78, 5) is 30.6. The Bertz CT molecular complexity index is 1230. The second kappa shape index (κ2) is 11.8. The molecule has 0 bridgehead atoms. The summed E-state index contributed by atoms with van der Waals surface area (Å²) in [6.07, 6.45) is 0. The number of nitrogens with one attached hydrogen (secondary N) is 1. The molecule has 3 aromatic rings. The number of carbonyl (C=O) groups is 2. The highest BCUT2D eigenvalue weighted by molar-refractivity contribution is 6.30. The molecule has 1 saturated heterocycles. The Morgan fingerprint density at radius 2 is 1.68 bits per heavy atom. The molecule has 1 aliphatic rings. The summed E-state index contributed by atoms with van der Waals surface area (Å²) in [6.45, 7) is 6.86. The second-order valence-corrected chi connectivity index (χ2v) is 9.69. The van der Waals surface area contributed by atoms with Gasteiger partial charge in [-0.25, -0.2) is 4.39 Å². The zero-order chi connectivity index (χ0) is 26.5. The minimum absolute atomic E-state index is 0.0925. The minimum Gasteiger partial charge on any atom is -0.457 e. The van der Waals surface area contributed by atoms with E-state index in [1.54, 1.807) is 29.2 Å². The topological polar surface area (TPSA) is 61.9 Å². The van der Waals surface area contributed by atoms with E-state index in [0.717, 1.165) is 5.56 Å². The van der Waals surface area contributed by atoms with Crippen LogP contribution in [0.5, 0.6) is 11.5 Å². The van der Waals surface area contributed by atoms with Crippen molar-refractivity contribution in [3.05, 3.63) is 89.7 Å². The lowest BCUT2D eigenvalue weighted by molar-refractivity contribution is -0.136. The summed E-state index contributed by atoms with van der Waals surface area (Å²) < 4.78 is 19.8. The molecule has 4 rings (SSSR count).